The smallest absolute Gasteiger partial charge is 0.242 e. The average molecular weight is 214 g/mol. The predicted octanol–water partition coefficient (Wildman–Crippen LogP) is -0.601. The maximum absolute atomic E-state index is 11.8. The van der Waals surface area contributed by atoms with E-state index >= 15 is 0 Å². The average Bonchev–Trinajstić information content (AvgIpc) is 2.85. The Morgan fingerprint density at radius 1 is 1.53 bits per heavy atom. The van der Waals surface area contributed by atoms with E-state index in [1.807, 2.05) is 0 Å². The largest absolute Gasteiger partial charge is 0.379 e. The van der Waals surface area contributed by atoms with Crippen LogP contribution in [0, 0.1) is 0 Å². The highest BCUT2D eigenvalue weighted by molar-refractivity contribution is 5.86. The normalized spacial score (nSPS) is 35.7. The second-order valence-corrected chi connectivity index (χ2v) is 4.30. The molecule has 1 amide bonds. The monoisotopic (exact) mass is 214 g/mol. The van der Waals surface area contributed by atoms with Crippen molar-refractivity contribution >= 4 is 5.91 Å². The van der Waals surface area contributed by atoms with Gasteiger partial charge in [-0.05, 0) is 19.3 Å². The Labute approximate surface area is 89.3 Å². The van der Waals surface area contributed by atoms with Gasteiger partial charge in [-0.25, -0.2) is 0 Å². The van der Waals surface area contributed by atoms with E-state index < -0.39 is 5.54 Å². The summed E-state index contributed by atoms with van der Waals surface area (Å²) >= 11 is 0. The minimum atomic E-state index is -0.821. The van der Waals surface area contributed by atoms with Crippen LogP contribution in [0.15, 0.2) is 0 Å². The summed E-state index contributed by atoms with van der Waals surface area (Å²) in [6, 6.07) is 0. The molecule has 0 aromatic carbocycles. The summed E-state index contributed by atoms with van der Waals surface area (Å²) in [7, 11) is 0. The fourth-order valence-electron chi connectivity index (χ4n) is 1.95. The van der Waals surface area contributed by atoms with Crippen molar-refractivity contribution in [3.05, 3.63) is 0 Å². The van der Waals surface area contributed by atoms with Crippen LogP contribution in [0.1, 0.15) is 19.3 Å². The van der Waals surface area contributed by atoms with Crippen LogP contribution in [0.25, 0.3) is 0 Å². The minimum Gasteiger partial charge on any atom is -0.379 e. The first-order valence-corrected chi connectivity index (χ1v) is 5.47. The molecule has 0 aromatic heterocycles. The van der Waals surface area contributed by atoms with Gasteiger partial charge in [-0.3, -0.25) is 4.79 Å². The summed E-state index contributed by atoms with van der Waals surface area (Å²) in [6.07, 6.45) is 2.87. The van der Waals surface area contributed by atoms with Crippen LogP contribution in [-0.2, 0) is 14.3 Å². The van der Waals surface area contributed by atoms with Crippen molar-refractivity contribution < 1.29 is 14.3 Å². The topological polar surface area (TPSA) is 73.6 Å². The Kier molecular flexibility index (Phi) is 3.23. The number of hydrogen-bond donors (Lipinski definition) is 2. The zero-order chi connectivity index (χ0) is 10.7. The molecule has 2 rings (SSSR count). The number of amides is 1. The predicted molar refractivity (Wildman–Crippen MR) is 54.3 cm³/mol. The highest BCUT2D eigenvalue weighted by Crippen LogP contribution is 2.16. The lowest BCUT2D eigenvalue weighted by atomic mass is 9.99. The van der Waals surface area contributed by atoms with Gasteiger partial charge in [-0.2, -0.15) is 0 Å². The second kappa shape index (κ2) is 4.47. The van der Waals surface area contributed by atoms with Crippen molar-refractivity contribution in [1.82, 2.24) is 5.32 Å². The summed E-state index contributed by atoms with van der Waals surface area (Å²) in [5.74, 6) is -0.115. The number of nitrogens with two attached hydrogens (primary N) is 1. The quantitative estimate of drug-likeness (QED) is 0.658. The third-order valence-electron chi connectivity index (χ3n) is 3.02. The van der Waals surface area contributed by atoms with Crippen molar-refractivity contribution in [2.75, 3.05) is 26.4 Å². The van der Waals surface area contributed by atoms with Gasteiger partial charge in [0.15, 0.2) is 0 Å². The molecule has 0 radical (unpaired) electrons. The van der Waals surface area contributed by atoms with Gasteiger partial charge >= 0.3 is 0 Å². The molecule has 0 spiro atoms. The Hall–Kier alpha value is -0.650. The number of ether oxygens (including phenoxy) is 2. The Morgan fingerprint density at radius 3 is 3.00 bits per heavy atom. The number of hydrogen-bond acceptors (Lipinski definition) is 4. The van der Waals surface area contributed by atoms with E-state index in [1.165, 1.54) is 0 Å². The molecular weight excluding hydrogens is 196 g/mol. The molecule has 0 aromatic rings. The summed E-state index contributed by atoms with van der Waals surface area (Å²) in [4.78, 5) is 11.8. The molecule has 2 heterocycles. The van der Waals surface area contributed by atoms with E-state index in [0.29, 0.717) is 26.2 Å². The molecule has 5 heteroatoms. The molecule has 86 valence electrons. The van der Waals surface area contributed by atoms with Gasteiger partial charge < -0.3 is 20.5 Å². The van der Waals surface area contributed by atoms with Crippen LogP contribution in [-0.4, -0.2) is 43.9 Å². The standard InChI is InChI=1S/C10H18N2O3/c11-10(3-5-14-7-10)9(13)12-6-8-2-1-4-15-8/h8H,1-7,11H2,(H,12,13). The maximum atomic E-state index is 11.8. The molecule has 2 aliphatic rings. The zero-order valence-corrected chi connectivity index (χ0v) is 8.83. The highest BCUT2D eigenvalue weighted by atomic mass is 16.5. The van der Waals surface area contributed by atoms with E-state index in [-0.39, 0.29) is 12.0 Å². The molecule has 15 heavy (non-hydrogen) atoms. The molecule has 2 saturated heterocycles. The van der Waals surface area contributed by atoms with Crippen molar-refractivity contribution in [2.45, 2.75) is 30.9 Å². The van der Waals surface area contributed by atoms with Crippen LogP contribution < -0.4 is 11.1 Å². The van der Waals surface area contributed by atoms with Crippen molar-refractivity contribution in [3.63, 3.8) is 0 Å². The molecular formula is C10H18N2O3. The fraction of sp³-hybridized carbons (Fsp3) is 0.900. The number of carbonyl (C=O) groups excluding carboxylic acids is 1. The lowest BCUT2D eigenvalue weighted by Crippen LogP contribution is -2.55. The molecule has 0 aliphatic carbocycles. The first-order valence-electron chi connectivity index (χ1n) is 5.47. The number of nitrogens with one attached hydrogen (secondary N) is 1. The summed E-state index contributed by atoms with van der Waals surface area (Å²) in [5.41, 5.74) is 5.09. The highest BCUT2D eigenvalue weighted by Gasteiger charge is 2.38. The third kappa shape index (κ3) is 2.48. The molecule has 2 fully saturated rings. The van der Waals surface area contributed by atoms with Crippen LogP contribution in [0.2, 0.25) is 0 Å². The summed E-state index contributed by atoms with van der Waals surface area (Å²) in [6.45, 7) is 2.27. The molecule has 3 N–H and O–H groups in total. The van der Waals surface area contributed by atoms with Gasteiger partial charge in [0.1, 0.15) is 5.54 Å². The molecule has 5 nitrogen and oxygen atoms in total. The Bertz CT molecular complexity index is 233. The maximum Gasteiger partial charge on any atom is 0.242 e. The van der Waals surface area contributed by atoms with Crippen molar-refractivity contribution in [3.8, 4) is 0 Å². The van der Waals surface area contributed by atoms with E-state index in [2.05, 4.69) is 5.32 Å². The first kappa shape index (κ1) is 10.9. The molecule has 2 aliphatic heterocycles. The summed E-state index contributed by atoms with van der Waals surface area (Å²) in [5, 5.41) is 2.84. The lowest BCUT2D eigenvalue weighted by molar-refractivity contribution is -0.126. The van der Waals surface area contributed by atoms with Gasteiger partial charge in [-0.1, -0.05) is 0 Å². The number of rotatable bonds is 3. The van der Waals surface area contributed by atoms with Crippen LogP contribution in [0.4, 0.5) is 0 Å². The second-order valence-electron chi connectivity index (χ2n) is 4.30. The van der Waals surface area contributed by atoms with Crippen molar-refractivity contribution in [2.24, 2.45) is 5.73 Å². The van der Waals surface area contributed by atoms with Crippen LogP contribution in [0.5, 0.6) is 0 Å². The van der Waals surface area contributed by atoms with E-state index in [4.69, 9.17) is 15.2 Å². The molecule has 0 bridgehead atoms. The van der Waals surface area contributed by atoms with Gasteiger partial charge in [0.05, 0.1) is 12.7 Å². The Morgan fingerprint density at radius 2 is 2.40 bits per heavy atom. The fourth-order valence-corrected chi connectivity index (χ4v) is 1.95. The number of carbonyl (C=O) groups is 1. The SMILES string of the molecule is NC1(C(=O)NCC2CCCO2)CCOC1. The van der Waals surface area contributed by atoms with E-state index in [1.54, 1.807) is 0 Å². The molecule has 0 saturated carbocycles. The third-order valence-corrected chi connectivity index (χ3v) is 3.02. The van der Waals surface area contributed by atoms with Gasteiger partial charge in [0, 0.05) is 19.8 Å². The Balaban J connectivity index is 1.76. The first-order chi connectivity index (χ1) is 7.21. The summed E-state index contributed by atoms with van der Waals surface area (Å²) < 4.78 is 10.5. The lowest BCUT2D eigenvalue weighted by Gasteiger charge is -2.21. The molecule has 2 unspecified atom stereocenters. The van der Waals surface area contributed by atoms with E-state index in [0.717, 1.165) is 19.4 Å². The van der Waals surface area contributed by atoms with Gasteiger partial charge in [0.25, 0.3) is 0 Å². The minimum absolute atomic E-state index is 0.115. The van der Waals surface area contributed by atoms with Crippen LogP contribution in [0.3, 0.4) is 0 Å². The van der Waals surface area contributed by atoms with Gasteiger partial charge in [0.2, 0.25) is 5.91 Å². The van der Waals surface area contributed by atoms with Gasteiger partial charge in [-0.15, -0.1) is 0 Å². The van der Waals surface area contributed by atoms with E-state index in [9.17, 15) is 4.79 Å². The van der Waals surface area contributed by atoms with Crippen molar-refractivity contribution in [1.29, 1.82) is 0 Å². The molecule has 2 atom stereocenters. The van der Waals surface area contributed by atoms with Crippen LogP contribution >= 0.6 is 0 Å². The zero-order valence-electron chi connectivity index (χ0n) is 8.83.